The summed E-state index contributed by atoms with van der Waals surface area (Å²) in [7, 11) is 4.61. The van der Waals surface area contributed by atoms with Crippen LogP contribution in [-0.2, 0) is 118 Å². The summed E-state index contributed by atoms with van der Waals surface area (Å²) < 4.78 is 35.9. The highest BCUT2D eigenvalue weighted by Crippen LogP contribution is 2.39. The number of carbonyl (C=O) groups is 6. The quantitative estimate of drug-likeness (QED) is 0.00927. The van der Waals surface area contributed by atoms with Crippen LogP contribution >= 0.6 is 0 Å². The van der Waals surface area contributed by atoms with Crippen LogP contribution in [0.4, 0.5) is 0 Å². The minimum Gasteiger partial charge on any atom is -0.478 e. The fraction of sp³-hybridized carbons (Fsp3) is 0.367. The normalized spacial score (nSPS) is 21.2. The molecule has 0 aromatic heterocycles. The third kappa shape index (κ3) is 49.8. The van der Waals surface area contributed by atoms with E-state index in [0.717, 1.165) is 11.6 Å². The summed E-state index contributed by atoms with van der Waals surface area (Å²) in [6, 6.07) is -1.12. The molecule has 3 heterocycles. The zero-order valence-corrected chi connectivity index (χ0v) is 70.7. The van der Waals surface area contributed by atoms with Crippen molar-refractivity contribution in [1.82, 2.24) is 10.5 Å². The van der Waals surface area contributed by atoms with Crippen molar-refractivity contribution in [3.63, 3.8) is 0 Å². The van der Waals surface area contributed by atoms with Gasteiger partial charge in [-0.1, -0.05) is 73.5 Å². The molecule has 1 amide bonds. The van der Waals surface area contributed by atoms with E-state index in [1.165, 1.54) is 30.8 Å². The number of aliphatic carboxylic acids is 1. The molecule has 13 atom stereocenters. The first-order valence-electron chi connectivity index (χ1n) is 37.8. The summed E-state index contributed by atoms with van der Waals surface area (Å²) >= 11 is 0. The Hall–Kier alpha value is -15.2. The van der Waals surface area contributed by atoms with Gasteiger partial charge in [-0.2, -0.15) is 0 Å². The van der Waals surface area contributed by atoms with Gasteiger partial charge < -0.3 is 43.5 Å². The van der Waals surface area contributed by atoms with Gasteiger partial charge in [0.15, 0.2) is 5.78 Å². The molecular weight excluding hydrogens is 1650 g/mol. The lowest BCUT2D eigenvalue weighted by Crippen LogP contribution is -2.64. The highest BCUT2D eigenvalue weighted by atomic mass is 17.9. The number of carboxylic acid groups (broad SMARTS) is 1. The first-order valence-corrected chi connectivity index (χ1v) is 37.8. The molecule has 4 aliphatic rings. The van der Waals surface area contributed by atoms with Crippen LogP contribution in [0, 0.1) is 314 Å². The summed E-state index contributed by atoms with van der Waals surface area (Å²) in [6.45, 7) is 13.1. The van der Waals surface area contributed by atoms with Gasteiger partial charge in [-0.25, -0.2) is 20.1 Å². The molecule has 3 aliphatic heterocycles. The van der Waals surface area contributed by atoms with Crippen LogP contribution in [-0.4, -0.2) is 137 Å². The summed E-state index contributed by atoms with van der Waals surface area (Å²) in [5, 5.41) is 68.7. The lowest BCUT2D eigenvalue weighted by molar-refractivity contribution is -0.816. The summed E-state index contributed by atoms with van der Waals surface area (Å²) in [5.74, 6) is 108. The van der Waals surface area contributed by atoms with Crippen LogP contribution < -0.4 is 5.64 Å². The van der Waals surface area contributed by atoms with Crippen molar-refractivity contribution in [2.24, 2.45) is 29.6 Å². The monoisotopic (exact) mass is 1800 g/mol. The van der Waals surface area contributed by atoms with Crippen molar-refractivity contribution >= 4 is 35.4 Å². The Morgan fingerprint density at radius 1 is 0.578 bits per heavy atom. The number of amides is 1. The van der Waals surface area contributed by atoms with Crippen molar-refractivity contribution < 1.29 is 187 Å². The lowest BCUT2D eigenvalue weighted by atomic mass is 9.82. The van der Waals surface area contributed by atoms with E-state index in [1.54, 1.807) is 33.1 Å². The van der Waals surface area contributed by atoms with Crippen LogP contribution in [0.15, 0.2) is 47.6 Å². The molecule has 1 aliphatic carbocycles. The van der Waals surface area contributed by atoms with Gasteiger partial charge in [0.25, 0.3) is 11.7 Å². The van der Waals surface area contributed by atoms with E-state index in [0.29, 0.717) is 56.9 Å². The maximum Gasteiger partial charge on any atom is 0.329 e. The van der Waals surface area contributed by atoms with E-state index < -0.39 is 89.9 Å². The van der Waals surface area contributed by atoms with Gasteiger partial charge in [0.2, 0.25) is 5.79 Å². The number of piperidine rings is 1. The molecule has 3 fully saturated rings. The van der Waals surface area contributed by atoms with E-state index in [9.17, 15) is 33.9 Å². The molecule has 0 radical (unpaired) electrons. The second kappa shape index (κ2) is 71.3. The number of fused-ring (bicyclic) bond motifs is 3. The molecule has 0 aromatic rings. The molecule has 0 spiro atoms. The summed E-state index contributed by atoms with van der Waals surface area (Å²) in [6.07, 6.45) is 16.0. The number of hydrogen-bond donors (Lipinski definition) is 5. The number of Topliss-reactive ketones (excluding diaryl/α,β-unsaturated/α-hetero) is 1. The summed E-state index contributed by atoms with van der Waals surface area (Å²) in [5.41, 5.74) is 3.09. The number of carboxylic acids is 1. The molecular formula is C98H148N2O28. The Balaban J connectivity index is -0.0000000501. The molecule has 0 aromatic carbocycles. The summed E-state index contributed by atoms with van der Waals surface area (Å²) in [4.78, 5) is 88.7. The number of cyclic esters (lactones) is 1. The van der Waals surface area contributed by atoms with Gasteiger partial charge in [-0.15, -0.1) is 6.42 Å². The van der Waals surface area contributed by atoms with Crippen molar-refractivity contribution in [2.45, 2.75) is 174 Å². The predicted molar refractivity (Wildman–Crippen MR) is 523 cm³/mol. The van der Waals surface area contributed by atoms with Crippen LogP contribution in [0.1, 0.15) is 174 Å². The zero-order valence-electron chi connectivity index (χ0n) is 70.7. The molecule has 30 nitrogen and oxygen atoms in total. The van der Waals surface area contributed by atoms with Crippen LogP contribution in [0.25, 0.3) is 0 Å². The molecule has 5 N–H and O–H groups in total. The fourth-order valence-electron chi connectivity index (χ4n) is 11.4. The van der Waals surface area contributed by atoms with Gasteiger partial charge in [-0.3, -0.25) is 19.2 Å². The minimum absolute atomic E-state index is 0. The average Bonchev–Trinajstić information content (AvgIpc) is 0.777. The number of hydrogen-bond acceptors (Lipinski definition) is 28. The Morgan fingerprint density at radius 3 is 1.42 bits per heavy atom. The topological polar surface area (TPSA) is 365 Å². The van der Waals surface area contributed by atoms with Gasteiger partial charge in [0, 0.05) is 284 Å². The highest BCUT2D eigenvalue weighted by molar-refractivity contribution is 6.39. The van der Waals surface area contributed by atoms with Crippen LogP contribution in [0.5, 0.6) is 0 Å². The first-order chi connectivity index (χ1) is 62.2. The number of allylic oxidation sites excluding steroid dienone is 5. The third-order valence-electron chi connectivity index (χ3n) is 16.7. The molecule has 128 heavy (non-hydrogen) atoms. The van der Waals surface area contributed by atoms with Crippen LogP contribution in [0.3, 0.4) is 0 Å². The lowest BCUT2D eigenvalue weighted by Gasteiger charge is -2.47. The molecule has 2 bridgehead atoms. The molecule has 30 heteroatoms. The number of carbonyl (C=O) groups excluding carboxylic acids is 5. The minimum atomic E-state index is -2.51. The number of nitrogens with one attached hydrogen (secondary N) is 1. The number of methoxy groups -OCH3 is 3. The number of rotatable bonds is 23. The van der Waals surface area contributed by atoms with Crippen molar-refractivity contribution in [3.8, 4) is 285 Å². The maximum atomic E-state index is 14.4. The third-order valence-corrected chi connectivity index (χ3v) is 16.7. The van der Waals surface area contributed by atoms with Gasteiger partial charge >= 0.3 is 17.9 Å². The largest absolute Gasteiger partial charge is 0.478 e. The fourth-order valence-corrected chi connectivity index (χ4v) is 11.4. The van der Waals surface area contributed by atoms with Crippen molar-refractivity contribution in [3.05, 3.63) is 47.6 Å². The van der Waals surface area contributed by atoms with Crippen molar-refractivity contribution in [2.75, 3.05) is 27.9 Å². The Bertz CT molecular complexity index is 5790. The zero-order chi connectivity index (χ0) is 93.7. The standard InChI is InChI=1S/C49H73NO14.C49H4.H3NO14.34H2/c1-10-35-24-29(2)23-30(3)25-40(60-8)45-41(61-9)27-33(6)49(58,64-45)46(55)47(56)50-22-14-13-15-36(50)48(57)63-44(31(4)18-20-37(35)51)32(5)26-34-19-21-38(39(28-34)59-7)62-43(54)17-12-11-16-42(52)53;1-3-5-7-9-11-13-15-17-19-21-23-25-27-29-31-33-35-37-39-41-43-45-47-49-48-46-44-42-40-38-36-34-32-30-28-26-24-22-20-18-16-14-12-10-8-6-4-2;2-6-10-14-12-8-4-1-5-9-13-15-11-7-3;;;;;;;;;;;;;;;;;;;;;;;;;;;;;;;;;;/h11,16,18,20,24,26,30-31,33-36,38-41,44-45,58H,10,12-15,17,19,21-23,25,27-28H2,1-9H3,(H,52,53);1H,2H3;1-3H;34*1H/b16-11+,20-18+,29-24+,32-26+;;;;;;;;;;;;;;;;;;;;;;;;;;;;;;;;;;;;/t30-,31+,33+,34-,35+,36-,38+,39+,40-,41-,44-,45+,49+;;;;;;;;;;;;;;;;;;;;;;;;;;;;;;;;;;;;/m0..................................../s1. The van der Waals surface area contributed by atoms with E-state index in [4.69, 9.17) is 50.5 Å². The number of ketones is 2. The number of ether oxygens (including phenoxy) is 6. The number of aliphatic hydroxyl groups is 1. The SMILES string of the molecule is C#CC#CC#CC#CC#CC#CC#CC#CC#CC#CC#CC#CC#CC#CC#CC#CC#CC#CC#CC#CC#CC#CC#CC#CC.CC[C@@H]1/C=C(\C)C[C@H](C)C[C@H](OC)[C@H]2O[C@@](O)(C(=O)C(=O)N3CCCC[C@H]3C(=O)O[C@H](/C(C)=C/[C@@H]3CC[C@@H](OC(=O)CC/C=C/C(=O)O)[C@H](OC)C3)[C@H](C)/C=C/C1=O)[C@H](C)C[C@@H]2OC.OOOOOOONOOOOOOO.[HH].[HH].[HH].[HH].[HH].[HH].[HH].[HH].[HH].[HH].[HH].[HH].[HH].[HH].[HH].[HH].[HH].[HH].[HH].[HH].[HH].[HH].[HH].[HH].[HH].[HH].[HH].[HH].[HH].[HH].[HH].[HH].[HH].[HH]. The molecule has 1 saturated carbocycles. The molecule has 4 rings (SSSR count). The average molecular weight is 1800 g/mol. The molecule has 718 valence electrons. The second-order valence-corrected chi connectivity index (χ2v) is 25.4. The van der Waals surface area contributed by atoms with Crippen LogP contribution in [0.2, 0.25) is 0 Å². The Labute approximate surface area is 794 Å². The number of terminal acetylenes is 1. The predicted octanol–water partition coefficient (Wildman–Crippen LogP) is 14.0. The van der Waals surface area contributed by atoms with E-state index in [-0.39, 0.29) is 104 Å². The van der Waals surface area contributed by atoms with Gasteiger partial charge in [0.05, 0.1) is 18.3 Å². The van der Waals surface area contributed by atoms with Gasteiger partial charge in [0.1, 0.15) is 24.4 Å². The molecule has 2 saturated heterocycles. The van der Waals surface area contributed by atoms with Gasteiger partial charge in [-0.05, 0) is 266 Å². The Morgan fingerprint density at radius 2 is 1.01 bits per heavy atom. The van der Waals surface area contributed by atoms with Crippen molar-refractivity contribution in [1.29, 1.82) is 0 Å². The van der Waals surface area contributed by atoms with E-state index in [1.807, 2.05) is 39.8 Å². The Kier molecular flexibility index (Phi) is 60.6. The number of nitrogens with zero attached hydrogens (tertiary/aromatic N) is 1. The number of esters is 2. The van der Waals surface area contributed by atoms with E-state index in [2.05, 4.69) is 346 Å². The van der Waals surface area contributed by atoms with E-state index >= 15 is 0 Å². The smallest absolute Gasteiger partial charge is 0.329 e. The first kappa shape index (κ1) is 109. The maximum absolute atomic E-state index is 14.4. The highest BCUT2D eigenvalue weighted by Gasteiger charge is 2.57. The molecule has 0 unspecified atom stereocenters. The second-order valence-electron chi connectivity index (χ2n) is 25.4.